The number of esters is 1. The molecule has 0 aromatic carbocycles. The van der Waals surface area contributed by atoms with E-state index in [0.717, 1.165) is 12.8 Å². The summed E-state index contributed by atoms with van der Waals surface area (Å²) in [5, 5.41) is 12.4. The number of rotatable bonds is 7. The Hall–Kier alpha value is -0.610. The molecule has 0 rings (SSSR count). The van der Waals surface area contributed by atoms with Crippen LogP contribution >= 0.6 is 0 Å². The second kappa shape index (κ2) is 6.97. The van der Waals surface area contributed by atoms with E-state index >= 15 is 0 Å². The fraction of sp³-hybridized carbons (Fsp3) is 0.923. The van der Waals surface area contributed by atoms with Crippen LogP contribution in [0.3, 0.4) is 0 Å². The molecule has 0 aliphatic heterocycles. The lowest BCUT2D eigenvalue weighted by atomic mass is 9.83. The van der Waals surface area contributed by atoms with Crippen LogP contribution in [0.1, 0.15) is 47.5 Å². The molecule has 0 aliphatic carbocycles. The normalized spacial score (nSPS) is 12.6. The van der Waals surface area contributed by atoms with Crippen LogP contribution in [-0.4, -0.2) is 36.4 Å². The summed E-state index contributed by atoms with van der Waals surface area (Å²) in [6.45, 7) is 10.6. The first kappa shape index (κ1) is 16.4. The van der Waals surface area contributed by atoms with E-state index in [-0.39, 0.29) is 24.5 Å². The first-order valence-electron chi connectivity index (χ1n) is 6.32. The maximum atomic E-state index is 11.5. The van der Waals surface area contributed by atoms with Crippen LogP contribution in [0.5, 0.6) is 0 Å². The van der Waals surface area contributed by atoms with Crippen molar-refractivity contribution in [1.82, 2.24) is 5.32 Å². The Balaban J connectivity index is 4.01. The molecule has 102 valence electrons. The van der Waals surface area contributed by atoms with Crippen LogP contribution in [0, 0.1) is 5.41 Å². The van der Waals surface area contributed by atoms with Gasteiger partial charge >= 0.3 is 5.97 Å². The molecular formula is C13H27NO3. The molecule has 0 aromatic rings. The van der Waals surface area contributed by atoms with Crippen molar-refractivity contribution in [3.63, 3.8) is 0 Å². The van der Waals surface area contributed by atoms with Gasteiger partial charge in [0.1, 0.15) is 5.60 Å². The quantitative estimate of drug-likeness (QED) is 0.670. The highest BCUT2D eigenvalue weighted by atomic mass is 16.6. The minimum atomic E-state index is -0.442. The summed E-state index contributed by atoms with van der Waals surface area (Å²) in [5.41, 5.74) is -0.565. The van der Waals surface area contributed by atoms with Crippen molar-refractivity contribution in [2.24, 2.45) is 5.41 Å². The molecule has 2 N–H and O–H groups in total. The average molecular weight is 245 g/mol. The lowest BCUT2D eigenvalue weighted by molar-refractivity contribution is -0.153. The molecule has 0 amide bonds. The predicted octanol–water partition coefficient (Wildman–Crippen LogP) is 1.72. The van der Waals surface area contributed by atoms with Crippen LogP contribution in [-0.2, 0) is 9.53 Å². The maximum absolute atomic E-state index is 11.5. The smallest absolute Gasteiger partial charge is 0.320 e. The van der Waals surface area contributed by atoms with E-state index in [4.69, 9.17) is 4.74 Å². The first-order valence-corrected chi connectivity index (χ1v) is 6.32. The summed E-state index contributed by atoms with van der Waals surface area (Å²) in [4.78, 5) is 11.5. The number of carbonyl (C=O) groups excluding carboxylic acids is 1. The number of hydrogen-bond donors (Lipinski definition) is 2. The van der Waals surface area contributed by atoms with Gasteiger partial charge in [-0.15, -0.1) is 0 Å². The van der Waals surface area contributed by atoms with Crippen molar-refractivity contribution in [2.75, 3.05) is 19.7 Å². The molecule has 0 unspecified atom stereocenters. The maximum Gasteiger partial charge on any atom is 0.320 e. The molecule has 0 radical (unpaired) electrons. The monoisotopic (exact) mass is 245 g/mol. The van der Waals surface area contributed by atoms with E-state index in [9.17, 15) is 9.90 Å². The van der Waals surface area contributed by atoms with Gasteiger partial charge in [-0.2, -0.15) is 0 Å². The van der Waals surface area contributed by atoms with Gasteiger partial charge in [0.25, 0.3) is 0 Å². The van der Waals surface area contributed by atoms with Gasteiger partial charge in [-0.25, -0.2) is 0 Å². The van der Waals surface area contributed by atoms with E-state index in [2.05, 4.69) is 19.2 Å². The molecule has 17 heavy (non-hydrogen) atoms. The second-order valence-corrected chi connectivity index (χ2v) is 5.56. The Kier molecular flexibility index (Phi) is 6.72. The average Bonchev–Trinajstić information content (AvgIpc) is 2.22. The predicted molar refractivity (Wildman–Crippen MR) is 68.8 cm³/mol. The Morgan fingerprint density at radius 3 is 2.12 bits per heavy atom. The zero-order valence-corrected chi connectivity index (χ0v) is 11.8. The minimum Gasteiger partial charge on any atom is -0.459 e. The molecule has 4 nitrogen and oxygen atoms in total. The highest BCUT2D eigenvalue weighted by Gasteiger charge is 2.25. The first-order chi connectivity index (χ1) is 7.78. The SMILES string of the molecule is CCC(CC)(CO)CNCC(=O)OC(C)(C)C. The third-order valence-electron chi connectivity index (χ3n) is 3.02. The van der Waals surface area contributed by atoms with E-state index < -0.39 is 5.60 Å². The zero-order valence-electron chi connectivity index (χ0n) is 11.8. The van der Waals surface area contributed by atoms with Crippen LogP contribution in [0.25, 0.3) is 0 Å². The highest BCUT2D eigenvalue weighted by molar-refractivity contribution is 5.72. The van der Waals surface area contributed by atoms with Gasteiger partial charge in [-0.1, -0.05) is 13.8 Å². The van der Waals surface area contributed by atoms with Crippen molar-refractivity contribution in [3.8, 4) is 0 Å². The van der Waals surface area contributed by atoms with Gasteiger partial charge in [0, 0.05) is 18.6 Å². The summed E-state index contributed by atoms with van der Waals surface area (Å²) >= 11 is 0. The van der Waals surface area contributed by atoms with Crippen LogP contribution < -0.4 is 5.32 Å². The molecule has 0 saturated carbocycles. The van der Waals surface area contributed by atoms with Gasteiger partial charge in [0.15, 0.2) is 0 Å². The Morgan fingerprint density at radius 2 is 1.76 bits per heavy atom. The third-order valence-corrected chi connectivity index (χ3v) is 3.02. The van der Waals surface area contributed by atoms with Crippen molar-refractivity contribution in [2.45, 2.75) is 53.1 Å². The molecule has 0 aromatic heterocycles. The summed E-state index contributed by atoms with van der Waals surface area (Å²) in [5.74, 6) is -0.253. The van der Waals surface area contributed by atoms with Crippen LogP contribution in [0.15, 0.2) is 0 Å². The Morgan fingerprint density at radius 1 is 1.24 bits per heavy atom. The van der Waals surface area contributed by atoms with Crippen molar-refractivity contribution in [3.05, 3.63) is 0 Å². The lowest BCUT2D eigenvalue weighted by Gasteiger charge is -2.29. The van der Waals surface area contributed by atoms with Gasteiger partial charge in [-0.05, 0) is 33.6 Å². The second-order valence-electron chi connectivity index (χ2n) is 5.56. The van der Waals surface area contributed by atoms with Gasteiger partial charge < -0.3 is 15.2 Å². The van der Waals surface area contributed by atoms with E-state index in [0.29, 0.717) is 6.54 Å². The summed E-state index contributed by atoms with van der Waals surface area (Å²) in [6, 6.07) is 0. The summed E-state index contributed by atoms with van der Waals surface area (Å²) in [7, 11) is 0. The number of ether oxygens (including phenoxy) is 1. The number of nitrogens with one attached hydrogen (secondary N) is 1. The van der Waals surface area contributed by atoms with E-state index in [1.165, 1.54) is 0 Å². The summed E-state index contributed by atoms with van der Waals surface area (Å²) < 4.78 is 5.19. The topological polar surface area (TPSA) is 58.6 Å². The third kappa shape index (κ3) is 6.64. The molecule has 0 fully saturated rings. The molecule has 0 spiro atoms. The largest absolute Gasteiger partial charge is 0.459 e. The Bertz CT molecular complexity index is 221. The van der Waals surface area contributed by atoms with Gasteiger partial charge in [0.2, 0.25) is 0 Å². The van der Waals surface area contributed by atoms with Gasteiger partial charge in [-0.3, -0.25) is 4.79 Å². The fourth-order valence-corrected chi connectivity index (χ4v) is 1.59. The molecule has 4 heteroatoms. The molecule has 0 atom stereocenters. The molecule has 0 aliphatic rings. The summed E-state index contributed by atoms with van der Waals surface area (Å²) in [6.07, 6.45) is 1.78. The van der Waals surface area contributed by atoms with Crippen molar-refractivity contribution in [1.29, 1.82) is 0 Å². The standard InChI is InChI=1S/C13H27NO3/c1-6-13(7-2,10-15)9-14-8-11(16)17-12(3,4)5/h14-15H,6-10H2,1-5H3. The highest BCUT2D eigenvalue weighted by Crippen LogP contribution is 2.24. The molecule has 0 saturated heterocycles. The van der Waals surface area contributed by atoms with Crippen LogP contribution in [0.2, 0.25) is 0 Å². The van der Waals surface area contributed by atoms with Crippen molar-refractivity contribution < 1.29 is 14.6 Å². The number of aliphatic hydroxyl groups excluding tert-OH is 1. The molecule has 0 bridgehead atoms. The fourth-order valence-electron chi connectivity index (χ4n) is 1.59. The molecule has 0 heterocycles. The lowest BCUT2D eigenvalue weighted by Crippen LogP contribution is -2.40. The number of hydrogen-bond acceptors (Lipinski definition) is 4. The zero-order chi connectivity index (χ0) is 13.5. The van der Waals surface area contributed by atoms with Gasteiger partial charge in [0.05, 0.1) is 6.54 Å². The van der Waals surface area contributed by atoms with E-state index in [1.54, 1.807) is 0 Å². The number of aliphatic hydroxyl groups is 1. The van der Waals surface area contributed by atoms with Crippen LogP contribution in [0.4, 0.5) is 0 Å². The van der Waals surface area contributed by atoms with Crippen molar-refractivity contribution >= 4 is 5.97 Å². The van der Waals surface area contributed by atoms with E-state index in [1.807, 2.05) is 20.8 Å². The minimum absolute atomic E-state index is 0.123. The Labute approximate surface area is 105 Å². The number of carbonyl (C=O) groups is 1. The molecular weight excluding hydrogens is 218 g/mol.